The zero-order chi connectivity index (χ0) is 23.7. The largest absolute Gasteiger partial charge is 0.325 e. The normalized spacial score (nSPS) is 12.7. The Kier molecular flexibility index (Phi) is 6.05. The first-order valence-corrected chi connectivity index (χ1v) is 12.2. The van der Waals surface area contributed by atoms with E-state index in [-0.39, 0.29) is 5.69 Å². The maximum Gasteiger partial charge on any atom is 0.249 e. The number of nitrogens with zero attached hydrogens (tertiary/aromatic N) is 3. The number of carbonyl (C=O) groups is 2. The average molecular weight is 529 g/mol. The molecule has 4 aromatic rings. The van der Waals surface area contributed by atoms with Gasteiger partial charge in [0.05, 0.1) is 17.5 Å². The van der Waals surface area contributed by atoms with Gasteiger partial charge in [0, 0.05) is 31.9 Å². The highest BCUT2D eigenvalue weighted by Gasteiger charge is 2.35. The van der Waals surface area contributed by atoms with Crippen molar-refractivity contribution in [2.75, 3.05) is 5.32 Å². The van der Waals surface area contributed by atoms with Crippen LogP contribution in [-0.4, -0.2) is 21.5 Å². The van der Waals surface area contributed by atoms with Gasteiger partial charge in [0.1, 0.15) is 5.69 Å². The molecule has 5 rings (SSSR count). The Morgan fingerprint density at radius 3 is 2.47 bits per heavy atom. The minimum Gasteiger partial charge on any atom is -0.325 e. The number of carbonyl (C=O) groups excluding carboxylic acids is 2. The number of thioether (sulfide) groups is 1. The van der Waals surface area contributed by atoms with Crippen molar-refractivity contribution in [2.45, 2.75) is 10.6 Å². The number of amides is 1. The summed E-state index contributed by atoms with van der Waals surface area (Å²) >= 11 is 5.14. The number of halogens is 1. The second-order valence-electron chi connectivity index (χ2n) is 7.63. The second-order valence-corrected chi connectivity index (χ2v) is 9.57. The highest BCUT2D eigenvalue weighted by Crippen LogP contribution is 2.45. The summed E-state index contributed by atoms with van der Waals surface area (Å²) in [7, 11) is 0. The molecule has 0 fully saturated rings. The standard InChI is InChI=1S/C26H17BrN4O2S/c27-16-11-12-22-19(13-16)24-21(15-34-22)23(30-31(24)18-9-5-2-6-10-18)25(32)20(14-28)26(33)29-17-7-3-1-4-8-17/h1-13,20H,15H2,(H,29,33). The minimum absolute atomic E-state index is 0.145. The lowest BCUT2D eigenvalue weighted by atomic mass is 9.97. The van der Waals surface area contributed by atoms with Crippen LogP contribution in [0, 0.1) is 17.2 Å². The van der Waals surface area contributed by atoms with Crippen molar-refractivity contribution in [3.8, 4) is 23.0 Å². The molecule has 1 aromatic heterocycles. The Hall–Kier alpha value is -3.67. The summed E-state index contributed by atoms with van der Waals surface area (Å²) in [5.74, 6) is -2.29. The van der Waals surface area contributed by atoms with Crippen LogP contribution < -0.4 is 5.32 Å². The molecule has 34 heavy (non-hydrogen) atoms. The van der Waals surface area contributed by atoms with Gasteiger partial charge in [-0.2, -0.15) is 10.4 Å². The van der Waals surface area contributed by atoms with E-state index in [1.807, 2.05) is 60.7 Å². The molecule has 0 spiro atoms. The quantitative estimate of drug-likeness (QED) is 0.258. The Morgan fingerprint density at radius 2 is 1.76 bits per heavy atom. The van der Waals surface area contributed by atoms with Crippen LogP contribution in [0.25, 0.3) is 16.9 Å². The van der Waals surface area contributed by atoms with E-state index in [2.05, 4.69) is 26.3 Å². The molecule has 1 amide bonds. The molecule has 1 N–H and O–H groups in total. The van der Waals surface area contributed by atoms with Gasteiger partial charge in [-0.1, -0.05) is 52.3 Å². The predicted molar refractivity (Wildman–Crippen MR) is 135 cm³/mol. The van der Waals surface area contributed by atoms with Crippen LogP contribution in [0.4, 0.5) is 5.69 Å². The molecule has 2 heterocycles. The molecule has 1 unspecified atom stereocenters. The molecule has 1 aliphatic heterocycles. The Balaban J connectivity index is 1.61. The van der Waals surface area contributed by atoms with Gasteiger partial charge in [0.2, 0.25) is 11.7 Å². The lowest BCUT2D eigenvalue weighted by Crippen LogP contribution is -2.29. The van der Waals surface area contributed by atoms with Crippen LogP contribution in [0.5, 0.6) is 0 Å². The molecule has 0 aliphatic carbocycles. The van der Waals surface area contributed by atoms with Gasteiger partial charge < -0.3 is 5.32 Å². The lowest BCUT2D eigenvalue weighted by molar-refractivity contribution is -0.117. The maximum atomic E-state index is 13.5. The lowest BCUT2D eigenvalue weighted by Gasteiger charge is -2.19. The minimum atomic E-state index is -1.52. The SMILES string of the molecule is N#CC(C(=O)Nc1ccccc1)C(=O)c1nn(-c2ccccc2)c2c1CSc1ccc(Br)cc1-2. The summed E-state index contributed by atoms with van der Waals surface area (Å²) in [5.41, 5.74) is 3.91. The molecule has 166 valence electrons. The number of anilines is 1. The van der Waals surface area contributed by atoms with Crippen LogP contribution in [-0.2, 0) is 10.5 Å². The van der Waals surface area contributed by atoms with Gasteiger partial charge in [-0.15, -0.1) is 11.8 Å². The second kappa shape index (κ2) is 9.29. The monoisotopic (exact) mass is 528 g/mol. The summed E-state index contributed by atoms with van der Waals surface area (Å²) in [5, 5.41) is 17.1. The smallest absolute Gasteiger partial charge is 0.249 e. The first kappa shape index (κ1) is 22.1. The van der Waals surface area contributed by atoms with E-state index < -0.39 is 17.6 Å². The Labute approximate surface area is 208 Å². The van der Waals surface area contributed by atoms with Gasteiger partial charge in [0.15, 0.2) is 5.92 Å². The summed E-state index contributed by atoms with van der Waals surface area (Å²) in [6.45, 7) is 0. The van der Waals surface area contributed by atoms with Crippen molar-refractivity contribution in [3.05, 3.63) is 94.6 Å². The number of nitrogens with one attached hydrogen (secondary N) is 1. The van der Waals surface area contributed by atoms with Crippen molar-refractivity contribution in [2.24, 2.45) is 5.92 Å². The summed E-state index contributed by atoms with van der Waals surface area (Å²) in [6, 6.07) is 26.2. The third-order valence-electron chi connectivity index (χ3n) is 5.48. The summed E-state index contributed by atoms with van der Waals surface area (Å²) < 4.78 is 2.64. The van der Waals surface area contributed by atoms with Crippen molar-refractivity contribution >= 4 is 45.1 Å². The molecule has 8 heteroatoms. The third kappa shape index (κ3) is 4.04. The Bertz CT molecular complexity index is 1450. The number of benzene rings is 3. The van der Waals surface area contributed by atoms with Gasteiger partial charge >= 0.3 is 0 Å². The van der Waals surface area contributed by atoms with E-state index in [4.69, 9.17) is 0 Å². The van der Waals surface area contributed by atoms with Crippen LogP contribution in [0.2, 0.25) is 0 Å². The van der Waals surface area contributed by atoms with E-state index in [1.54, 1.807) is 40.7 Å². The molecule has 0 saturated carbocycles. The number of rotatable bonds is 5. The van der Waals surface area contributed by atoms with Crippen molar-refractivity contribution in [1.82, 2.24) is 9.78 Å². The van der Waals surface area contributed by atoms with Crippen molar-refractivity contribution in [1.29, 1.82) is 5.26 Å². The number of ketones is 1. The van der Waals surface area contributed by atoms with E-state index in [0.29, 0.717) is 11.4 Å². The molecule has 0 saturated heterocycles. The fraction of sp³-hybridized carbons (Fsp3) is 0.0769. The molecule has 3 aromatic carbocycles. The zero-order valence-corrected chi connectivity index (χ0v) is 20.1. The predicted octanol–water partition coefficient (Wildman–Crippen LogP) is 5.87. The Morgan fingerprint density at radius 1 is 1.06 bits per heavy atom. The number of nitriles is 1. The fourth-order valence-electron chi connectivity index (χ4n) is 3.89. The third-order valence-corrected chi connectivity index (χ3v) is 7.07. The fourth-order valence-corrected chi connectivity index (χ4v) is 5.30. The highest BCUT2D eigenvalue weighted by atomic mass is 79.9. The average Bonchev–Trinajstić information content (AvgIpc) is 3.26. The first-order chi connectivity index (χ1) is 16.6. The maximum absolute atomic E-state index is 13.5. The van der Waals surface area contributed by atoms with Crippen molar-refractivity contribution in [3.63, 3.8) is 0 Å². The van der Waals surface area contributed by atoms with Crippen LogP contribution in [0.1, 0.15) is 16.1 Å². The van der Waals surface area contributed by atoms with E-state index in [1.165, 1.54) is 0 Å². The topological polar surface area (TPSA) is 87.8 Å². The number of para-hydroxylation sites is 2. The zero-order valence-electron chi connectivity index (χ0n) is 17.7. The molecular formula is C26H17BrN4O2S. The van der Waals surface area contributed by atoms with E-state index in [9.17, 15) is 14.9 Å². The van der Waals surface area contributed by atoms with Crippen LogP contribution in [0.3, 0.4) is 0 Å². The molecule has 1 atom stereocenters. The summed E-state index contributed by atoms with van der Waals surface area (Å²) in [4.78, 5) is 27.4. The molecule has 0 radical (unpaired) electrons. The number of Topliss-reactive ketones (excluding diaryl/α,β-unsaturated/α-hetero) is 1. The van der Waals surface area contributed by atoms with Gasteiger partial charge in [-0.25, -0.2) is 4.68 Å². The van der Waals surface area contributed by atoms with Gasteiger partial charge in [-0.05, 0) is 42.5 Å². The number of aromatic nitrogens is 2. The number of hydrogen-bond acceptors (Lipinski definition) is 5. The highest BCUT2D eigenvalue weighted by molar-refractivity contribution is 9.10. The molecule has 6 nitrogen and oxygen atoms in total. The molecule has 1 aliphatic rings. The van der Waals surface area contributed by atoms with E-state index >= 15 is 0 Å². The first-order valence-electron chi connectivity index (χ1n) is 10.5. The van der Waals surface area contributed by atoms with Gasteiger partial charge in [0.25, 0.3) is 0 Å². The van der Waals surface area contributed by atoms with Crippen LogP contribution in [0.15, 0.2) is 88.2 Å². The number of hydrogen-bond donors (Lipinski definition) is 1. The van der Waals surface area contributed by atoms with Crippen LogP contribution >= 0.6 is 27.7 Å². The molecular weight excluding hydrogens is 512 g/mol. The summed E-state index contributed by atoms with van der Waals surface area (Å²) in [6.07, 6.45) is 0. The van der Waals surface area contributed by atoms with Gasteiger partial charge in [-0.3, -0.25) is 9.59 Å². The van der Waals surface area contributed by atoms with Crippen molar-refractivity contribution < 1.29 is 9.59 Å². The molecule has 0 bridgehead atoms. The number of fused-ring (bicyclic) bond motifs is 3. The van der Waals surface area contributed by atoms with E-state index in [0.717, 1.165) is 31.9 Å².